The number of anilines is 1. The predicted molar refractivity (Wildman–Crippen MR) is 135 cm³/mol. The average Bonchev–Trinajstić information content (AvgIpc) is 3.41. The summed E-state index contributed by atoms with van der Waals surface area (Å²) in [6.07, 6.45) is 3.09. The fourth-order valence-electron chi connectivity index (χ4n) is 5.55. The summed E-state index contributed by atoms with van der Waals surface area (Å²) in [4.78, 5) is 13.0. The molecule has 0 radical (unpaired) electrons. The molecule has 6 rings (SSSR count). The van der Waals surface area contributed by atoms with Crippen LogP contribution in [-0.2, 0) is 27.8 Å². The molecular weight excluding hydrogens is 440 g/mol. The van der Waals surface area contributed by atoms with Gasteiger partial charge in [0.25, 0.3) is 0 Å². The minimum atomic E-state index is -0.464. The molecule has 1 spiro atoms. The molecule has 2 aliphatic rings. The van der Waals surface area contributed by atoms with Gasteiger partial charge in [0.1, 0.15) is 5.75 Å². The molecule has 0 aliphatic carbocycles. The van der Waals surface area contributed by atoms with Crippen molar-refractivity contribution >= 4 is 22.6 Å². The van der Waals surface area contributed by atoms with Crippen LogP contribution in [0, 0.1) is 6.92 Å². The zero-order chi connectivity index (χ0) is 24.0. The van der Waals surface area contributed by atoms with Gasteiger partial charge in [0.15, 0.2) is 5.58 Å². The van der Waals surface area contributed by atoms with Gasteiger partial charge in [-0.2, -0.15) is 0 Å². The molecule has 178 valence electrons. The Balaban J connectivity index is 1.33. The number of nitrogens with one attached hydrogen (secondary N) is 1. The molecule has 1 amide bonds. The van der Waals surface area contributed by atoms with Gasteiger partial charge < -0.3 is 19.3 Å². The Hall–Kier alpha value is -3.64. The monoisotopic (exact) mass is 468 g/mol. The SMILES string of the molecule is COc1ccc(CCc2noc3c(-c4ccc5c(c4)NC(=O)C54CCOCC4)c(C)ccc23)cc1. The first-order chi connectivity index (χ1) is 17.1. The van der Waals surface area contributed by atoms with Crippen LogP contribution in [0.3, 0.4) is 0 Å². The maximum Gasteiger partial charge on any atom is 0.235 e. The number of carbonyl (C=O) groups is 1. The van der Waals surface area contributed by atoms with E-state index < -0.39 is 5.41 Å². The van der Waals surface area contributed by atoms with Gasteiger partial charge in [-0.3, -0.25) is 4.79 Å². The second-order valence-corrected chi connectivity index (χ2v) is 9.52. The first-order valence-electron chi connectivity index (χ1n) is 12.1. The molecule has 0 unspecified atom stereocenters. The van der Waals surface area contributed by atoms with Crippen molar-refractivity contribution in [1.82, 2.24) is 5.16 Å². The normalized spacial score (nSPS) is 16.5. The minimum Gasteiger partial charge on any atom is -0.497 e. The number of amides is 1. The minimum absolute atomic E-state index is 0.0864. The van der Waals surface area contributed by atoms with Gasteiger partial charge >= 0.3 is 0 Å². The standard InChI is InChI=1S/C29H28N2O4/c1-18-3-10-22-24(12-6-19-4-8-21(33-2)9-5-19)31-35-27(22)26(18)20-7-11-23-25(17-20)30-28(32)29(23)13-15-34-16-14-29/h3-5,7-11,17H,6,12-16H2,1-2H3,(H,30,32). The van der Waals surface area contributed by atoms with Gasteiger partial charge in [-0.05, 0) is 79.1 Å². The van der Waals surface area contributed by atoms with Crippen LogP contribution >= 0.6 is 0 Å². The number of nitrogens with zero attached hydrogens (tertiary/aromatic N) is 1. The first-order valence-corrected chi connectivity index (χ1v) is 12.1. The molecule has 6 nitrogen and oxygen atoms in total. The van der Waals surface area contributed by atoms with E-state index in [4.69, 9.17) is 14.0 Å². The maximum absolute atomic E-state index is 13.0. The van der Waals surface area contributed by atoms with Gasteiger partial charge in [0.2, 0.25) is 5.91 Å². The van der Waals surface area contributed by atoms with Crippen LogP contribution in [0.15, 0.2) is 59.1 Å². The van der Waals surface area contributed by atoms with Crippen LogP contribution in [0.2, 0.25) is 0 Å². The van der Waals surface area contributed by atoms with Crippen LogP contribution in [0.1, 0.15) is 35.2 Å². The Morgan fingerprint density at radius 3 is 2.60 bits per heavy atom. The number of methoxy groups -OCH3 is 1. The van der Waals surface area contributed by atoms with Crippen LogP contribution in [0.25, 0.3) is 22.1 Å². The fourth-order valence-corrected chi connectivity index (χ4v) is 5.55. The molecule has 3 heterocycles. The number of hydrogen-bond donors (Lipinski definition) is 1. The number of rotatable bonds is 5. The van der Waals surface area contributed by atoms with E-state index in [9.17, 15) is 4.79 Å². The Morgan fingerprint density at radius 1 is 1.03 bits per heavy atom. The summed E-state index contributed by atoms with van der Waals surface area (Å²) in [5.74, 6) is 0.942. The molecule has 4 aromatic rings. The molecule has 2 aliphatic heterocycles. The van der Waals surface area contributed by atoms with Crippen molar-refractivity contribution in [3.8, 4) is 16.9 Å². The van der Waals surface area contributed by atoms with Crippen LogP contribution in [0.4, 0.5) is 5.69 Å². The van der Waals surface area contributed by atoms with Crippen molar-refractivity contribution in [1.29, 1.82) is 0 Å². The van der Waals surface area contributed by atoms with E-state index >= 15 is 0 Å². The zero-order valence-corrected chi connectivity index (χ0v) is 20.0. The van der Waals surface area contributed by atoms with E-state index in [0.29, 0.717) is 13.2 Å². The van der Waals surface area contributed by atoms with Gasteiger partial charge in [-0.1, -0.05) is 35.5 Å². The molecule has 1 N–H and O–H groups in total. The number of aromatic nitrogens is 1. The Kier molecular flexibility index (Phi) is 5.33. The summed E-state index contributed by atoms with van der Waals surface area (Å²) in [6.45, 7) is 3.31. The van der Waals surface area contributed by atoms with Gasteiger partial charge in [-0.25, -0.2) is 0 Å². The van der Waals surface area contributed by atoms with Crippen LogP contribution in [0.5, 0.6) is 5.75 Å². The Labute approximate surface area is 204 Å². The van der Waals surface area contributed by atoms with E-state index in [1.165, 1.54) is 5.56 Å². The van der Waals surface area contributed by atoms with E-state index in [1.807, 2.05) is 12.1 Å². The van der Waals surface area contributed by atoms with E-state index in [2.05, 4.69) is 59.9 Å². The quantitative estimate of drug-likeness (QED) is 0.413. The van der Waals surface area contributed by atoms with Crippen molar-refractivity contribution in [3.63, 3.8) is 0 Å². The second kappa shape index (κ2) is 8.54. The average molecular weight is 469 g/mol. The first kappa shape index (κ1) is 21.9. The molecule has 1 fully saturated rings. The smallest absolute Gasteiger partial charge is 0.235 e. The van der Waals surface area contributed by atoms with Crippen molar-refractivity contribution in [2.75, 3.05) is 25.6 Å². The van der Waals surface area contributed by atoms with E-state index in [0.717, 1.165) is 76.0 Å². The Bertz CT molecular complexity index is 1410. The highest BCUT2D eigenvalue weighted by Crippen LogP contribution is 2.46. The van der Waals surface area contributed by atoms with E-state index in [-0.39, 0.29) is 5.91 Å². The topological polar surface area (TPSA) is 73.6 Å². The van der Waals surface area contributed by atoms with Gasteiger partial charge in [0, 0.05) is 29.9 Å². The Morgan fingerprint density at radius 2 is 1.83 bits per heavy atom. The molecule has 35 heavy (non-hydrogen) atoms. The highest BCUT2D eigenvalue weighted by Gasteiger charge is 2.47. The summed E-state index contributed by atoms with van der Waals surface area (Å²) < 4.78 is 16.7. The highest BCUT2D eigenvalue weighted by atomic mass is 16.5. The highest BCUT2D eigenvalue weighted by molar-refractivity contribution is 6.07. The number of ether oxygens (including phenoxy) is 2. The molecule has 0 atom stereocenters. The third-order valence-electron chi connectivity index (χ3n) is 7.59. The lowest BCUT2D eigenvalue weighted by Gasteiger charge is -2.31. The lowest BCUT2D eigenvalue weighted by atomic mass is 9.75. The zero-order valence-electron chi connectivity index (χ0n) is 20.0. The molecule has 3 aromatic carbocycles. The van der Waals surface area contributed by atoms with Crippen molar-refractivity contribution < 1.29 is 18.8 Å². The van der Waals surface area contributed by atoms with Gasteiger partial charge in [-0.15, -0.1) is 0 Å². The van der Waals surface area contributed by atoms with Crippen LogP contribution in [-0.4, -0.2) is 31.4 Å². The summed E-state index contributed by atoms with van der Waals surface area (Å²) in [6, 6.07) is 18.6. The number of aryl methyl sites for hydroxylation is 3. The van der Waals surface area contributed by atoms with E-state index in [1.54, 1.807) is 7.11 Å². The predicted octanol–water partition coefficient (Wildman–Crippen LogP) is 5.60. The van der Waals surface area contributed by atoms with Crippen molar-refractivity contribution in [2.24, 2.45) is 0 Å². The largest absolute Gasteiger partial charge is 0.497 e. The molecule has 1 saturated heterocycles. The molecule has 6 heteroatoms. The number of hydrogen-bond acceptors (Lipinski definition) is 5. The molecule has 0 bridgehead atoms. The lowest BCUT2D eigenvalue weighted by molar-refractivity contribution is -0.124. The molecule has 0 saturated carbocycles. The van der Waals surface area contributed by atoms with Crippen LogP contribution < -0.4 is 10.1 Å². The van der Waals surface area contributed by atoms with Crippen molar-refractivity contribution in [3.05, 3.63) is 77.0 Å². The number of benzene rings is 3. The number of carbonyl (C=O) groups excluding carboxylic acids is 1. The van der Waals surface area contributed by atoms with Gasteiger partial charge in [0.05, 0.1) is 18.2 Å². The second-order valence-electron chi connectivity index (χ2n) is 9.52. The third kappa shape index (κ3) is 3.60. The lowest BCUT2D eigenvalue weighted by Crippen LogP contribution is -2.39. The van der Waals surface area contributed by atoms with Crippen molar-refractivity contribution in [2.45, 2.75) is 38.0 Å². The summed E-state index contributed by atoms with van der Waals surface area (Å²) in [5.41, 5.74) is 7.64. The molecule has 1 aromatic heterocycles. The summed E-state index contributed by atoms with van der Waals surface area (Å²) in [5, 5.41) is 8.61. The third-order valence-corrected chi connectivity index (χ3v) is 7.59. The molecular formula is C29H28N2O4. The maximum atomic E-state index is 13.0. The fraction of sp³-hybridized carbons (Fsp3) is 0.310. The number of fused-ring (bicyclic) bond motifs is 3. The summed E-state index contributed by atoms with van der Waals surface area (Å²) in [7, 11) is 1.67. The summed E-state index contributed by atoms with van der Waals surface area (Å²) >= 11 is 0.